The van der Waals surface area contributed by atoms with E-state index in [9.17, 15) is 9.59 Å². The van der Waals surface area contributed by atoms with Gasteiger partial charge in [-0.05, 0) is 54.8 Å². The third kappa shape index (κ3) is 4.84. The molecular weight excluding hydrogens is 306 g/mol. The minimum atomic E-state index is -1.03. The van der Waals surface area contributed by atoms with E-state index in [1.165, 1.54) is 5.56 Å². The molecule has 1 amide bonds. The lowest BCUT2D eigenvalue weighted by Crippen LogP contribution is -2.13. The van der Waals surface area contributed by atoms with E-state index in [-0.39, 0.29) is 5.91 Å². The predicted octanol–water partition coefficient (Wildman–Crippen LogP) is 3.66. The summed E-state index contributed by atoms with van der Waals surface area (Å²) in [6, 6.07) is 12.6. The van der Waals surface area contributed by atoms with Crippen LogP contribution < -0.4 is 10.1 Å². The van der Waals surface area contributed by atoms with Gasteiger partial charge in [-0.3, -0.25) is 4.79 Å². The van der Waals surface area contributed by atoms with Crippen molar-refractivity contribution in [1.29, 1.82) is 0 Å². The Morgan fingerprint density at radius 1 is 1.12 bits per heavy atom. The summed E-state index contributed by atoms with van der Waals surface area (Å²) in [5.74, 6) is -0.756. The summed E-state index contributed by atoms with van der Waals surface area (Å²) in [5.41, 5.74) is 3.28. The molecule has 0 saturated heterocycles. The molecule has 2 rings (SSSR count). The normalized spacial score (nSPS) is 10.2. The second-order valence-corrected chi connectivity index (χ2v) is 5.56. The summed E-state index contributed by atoms with van der Waals surface area (Å²) in [7, 11) is 0. The number of aryl methyl sites for hydroxylation is 2. The number of hydrogen-bond acceptors (Lipinski definition) is 3. The first-order valence-corrected chi connectivity index (χ1v) is 7.85. The first kappa shape index (κ1) is 17.5. The van der Waals surface area contributed by atoms with Crippen molar-refractivity contribution in [3.8, 4) is 5.75 Å². The molecule has 2 aromatic carbocycles. The van der Waals surface area contributed by atoms with Crippen molar-refractivity contribution in [1.82, 2.24) is 0 Å². The molecule has 0 fully saturated rings. The largest absolute Gasteiger partial charge is 0.482 e. The molecule has 0 aromatic heterocycles. The number of anilines is 1. The van der Waals surface area contributed by atoms with Crippen LogP contribution in [0.2, 0.25) is 0 Å². The fourth-order valence-corrected chi connectivity index (χ4v) is 2.32. The molecule has 24 heavy (non-hydrogen) atoms. The Bertz CT molecular complexity index is 723. The highest BCUT2D eigenvalue weighted by atomic mass is 16.5. The maximum atomic E-state index is 12.3. The molecule has 2 N–H and O–H groups in total. The second kappa shape index (κ2) is 8.15. The van der Waals surface area contributed by atoms with Gasteiger partial charge >= 0.3 is 5.97 Å². The van der Waals surface area contributed by atoms with E-state index in [1.807, 2.05) is 31.2 Å². The standard InChI is InChI=1S/C19H21NO4/c1-3-4-14-5-7-15(8-6-14)19(23)20-17-10-9-16(11-13(17)2)24-12-18(21)22/h5-11H,3-4,12H2,1-2H3,(H,20,23)(H,21,22). The Labute approximate surface area is 141 Å². The fraction of sp³-hybridized carbons (Fsp3) is 0.263. The van der Waals surface area contributed by atoms with Crippen LogP contribution in [0.3, 0.4) is 0 Å². The van der Waals surface area contributed by atoms with Crippen molar-refractivity contribution in [2.75, 3.05) is 11.9 Å². The molecule has 0 heterocycles. The summed E-state index contributed by atoms with van der Waals surface area (Å²) >= 11 is 0. The maximum absolute atomic E-state index is 12.3. The molecule has 0 aliphatic rings. The second-order valence-electron chi connectivity index (χ2n) is 5.56. The van der Waals surface area contributed by atoms with E-state index < -0.39 is 12.6 Å². The van der Waals surface area contributed by atoms with Crippen molar-refractivity contribution in [3.63, 3.8) is 0 Å². The van der Waals surface area contributed by atoms with Crippen LogP contribution in [-0.4, -0.2) is 23.6 Å². The zero-order chi connectivity index (χ0) is 17.5. The first-order valence-electron chi connectivity index (χ1n) is 7.85. The van der Waals surface area contributed by atoms with E-state index >= 15 is 0 Å². The van der Waals surface area contributed by atoms with Crippen LogP contribution in [0.5, 0.6) is 5.75 Å². The number of carboxylic acid groups (broad SMARTS) is 1. The number of ether oxygens (including phenoxy) is 1. The number of carbonyl (C=O) groups excluding carboxylic acids is 1. The molecule has 126 valence electrons. The Morgan fingerprint density at radius 3 is 2.42 bits per heavy atom. The quantitative estimate of drug-likeness (QED) is 0.813. The van der Waals surface area contributed by atoms with E-state index in [2.05, 4.69) is 12.2 Å². The third-order valence-electron chi connectivity index (χ3n) is 3.56. The molecule has 0 aliphatic carbocycles. The number of nitrogens with one attached hydrogen (secondary N) is 1. The van der Waals surface area contributed by atoms with Crippen LogP contribution in [0.4, 0.5) is 5.69 Å². The minimum absolute atomic E-state index is 0.180. The molecule has 5 heteroatoms. The van der Waals surface area contributed by atoms with Gasteiger partial charge in [0.05, 0.1) is 0 Å². The molecule has 0 bridgehead atoms. The van der Waals surface area contributed by atoms with E-state index in [4.69, 9.17) is 9.84 Å². The highest BCUT2D eigenvalue weighted by molar-refractivity contribution is 6.04. The Balaban J connectivity index is 2.04. The van der Waals surface area contributed by atoms with Crippen molar-refractivity contribution < 1.29 is 19.4 Å². The van der Waals surface area contributed by atoms with Crippen LogP contribution >= 0.6 is 0 Å². The molecule has 0 saturated carbocycles. The number of aliphatic carboxylic acids is 1. The molecule has 5 nitrogen and oxygen atoms in total. The lowest BCUT2D eigenvalue weighted by atomic mass is 10.1. The van der Waals surface area contributed by atoms with Crippen LogP contribution in [0, 0.1) is 6.92 Å². The van der Waals surface area contributed by atoms with E-state index in [0.717, 1.165) is 18.4 Å². The average Bonchev–Trinajstić information content (AvgIpc) is 2.56. The minimum Gasteiger partial charge on any atom is -0.482 e. The van der Waals surface area contributed by atoms with Gasteiger partial charge in [0, 0.05) is 11.3 Å². The van der Waals surface area contributed by atoms with Gasteiger partial charge in [-0.25, -0.2) is 4.79 Å². The molecule has 0 unspecified atom stereocenters. The van der Waals surface area contributed by atoms with Crippen LogP contribution in [0.15, 0.2) is 42.5 Å². The SMILES string of the molecule is CCCc1ccc(C(=O)Nc2ccc(OCC(=O)O)cc2C)cc1. The Kier molecular flexibility index (Phi) is 5.95. The van der Waals surface area contributed by atoms with Gasteiger partial charge < -0.3 is 15.2 Å². The Hall–Kier alpha value is -2.82. The van der Waals surface area contributed by atoms with Gasteiger partial charge in [-0.1, -0.05) is 25.5 Å². The lowest BCUT2D eigenvalue weighted by Gasteiger charge is -2.11. The maximum Gasteiger partial charge on any atom is 0.341 e. The monoisotopic (exact) mass is 327 g/mol. The number of carbonyl (C=O) groups is 2. The van der Waals surface area contributed by atoms with Gasteiger partial charge in [-0.2, -0.15) is 0 Å². The van der Waals surface area contributed by atoms with Gasteiger partial charge in [0.25, 0.3) is 5.91 Å². The number of hydrogen-bond donors (Lipinski definition) is 2. The number of amides is 1. The molecular formula is C19H21NO4. The molecule has 0 atom stereocenters. The van der Waals surface area contributed by atoms with Gasteiger partial charge in [0.2, 0.25) is 0 Å². The number of rotatable bonds is 7. The van der Waals surface area contributed by atoms with E-state index in [1.54, 1.807) is 18.2 Å². The molecule has 0 aliphatic heterocycles. The van der Waals surface area contributed by atoms with Crippen molar-refractivity contribution in [2.24, 2.45) is 0 Å². The fourth-order valence-electron chi connectivity index (χ4n) is 2.32. The van der Waals surface area contributed by atoms with Gasteiger partial charge in [0.15, 0.2) is 6.61 Å². The van der Waals surface area contributed by atoms with Crippen LogP contribution in [0.1, 0.15) is 34.8 Å². The van der Waals surface area contributed by atoms with Crippen LogP contribution in [-0.2, 0) is 11.2 Å². The smallest absolute Gasteiger partial charge is 0.341 e. The summed E-state index contributed by atoms with van der Waals surface area (Å²) in [5, 5.41) is 11.5. The van der Waals surface area contributed by atoms with Crippen molar-refractivity contribution >= 4 is 17.6 Å². The van der Waals surface area contributed by atoms with E-state index in [0.29, 0.717) is 17.0 Å². The highest BCUT2D eigenvalue weighted by Crippen LogP contribution is 2.22. The lowest BCUT2D eigenvalue weighted by molar-refractivity contribution is -0.139. The topological polar surface area (TPSA) is 75.6 Å². The summed E-state index contributed by atoms with van der Waals surface area (Å²) in [6.45, 7) is 3.55. The molecule has 0 spiro atoms. The van der Waals surface area contributed by atoms with Crippen molar-refractivity contribution in [3.05, 3.63) is 59.2 Å². The summed E-state index contributed by atoms with van der Waals surface area (Å²) in [4.78, 5) is 22.8. The Morgan fingerprint density at radius 2 is 1.83 bits per heavy atom. The summed E-state index contributed by atoms with van der Waals surface area (Å²) in [6.07, 6.45) is 2.07. The predicted molar refractivity (Wildman–Crippen MR) is 92.7 cm³/mol. The zero-order valence-corrected chi connectivity index (χ0v) is 13.8. The third-order valence-corrected chi connectivity index (χ3v) is 3.56. The van der Waals surface area contributed by atoms with Gasteiger partial charge in [-0.15, -0.1) is 0 Å². The first-order chi connectivity index (χ1) is 11.5. The van der Waals surface area contributed by atoms with Gasteiger partial charge in [0.1, 0.15) is 5.75 Å². The molecule has 2 aromatic rings. The zero-order valence-electron chi connectivity index (χ0n) is 13.8. The van der Waals surface area contributed by atoms with Crippen molar-refractivity contribution in [2.45, 2.75) is 26.7 Å². The average molecular weight is 327 g/mol. The molecule has 0 radical (unpaired) electrons. The number of carboxylic acids is 1. The number of benzene rings is 2. The van der Waals surface area contributed by atoms with Crippen LogP contribution in [0.25, 0.3) is 0 Å². The highest BCUT2D eigenvalue weighted by Gasteiger charge is 2.09. The summed E-state index contributed by atoms with van der Waals surface area (Å²) < 4.78 is 5.12.